The van der Waals surface area contributed by atoms with Crippen molar-refractivity contribution in [2.24, 2.45) is 0 Å². The van der Waals surface area contributed by atoms with Crippen molar-refractivity contribution >= 4 is 12.1 Å². The van der Waals surface area contributed by atoms with E-state index < -0.39 is 0 Å². The van der Waals surface area contributed by atoms with E-state index >= 15 is 0 Å². The second-order valence-electron chi connectivity index (χ2n) is 8.29. The maximum absolute atomic E-state index is 11.8. The van der Waals surface area contributed by atoms with Crippen LogP contribution in [0.4, 0.5) is 5.82 Å². The molecule has 0 unspecified atom stereocenters. The van der Waals surface area contributed by atoms with Crippen LogP contribution in [0.15, 0.2) is 48.8 Å². The first-order valence-corrected chi connectivity index (χ1v) is 11.0. The second kappa shape index (κ2) is 9.39. The van der Waals surface area contributed by atoms with E-state index in [-0.39, 0.29) is 5.54 Å². The summed E-state index contributed by atoms with van der Waals surface area (Å²) in [6.07, 6.45) is 9.11. The van der Waals surface area contributed by atoms with Crippen LogP contribution < -0.4 is 5.32 Å². The molecule has 3 aromatic rings. The zero-order valence-electron chi connectivity index (χ0n) is 18.3. The van der Waals surface area contributed by atoms with Gasteiger partial charge in [0.25, 0.3) is 0 Å². The Morgan fingerprint density at radius 3 is 2.77 bits per heavy atom. The maximum Gasteiger partial charge on any atom is 0.152 e. The van der Waals surface area contributed by atoms with Gasteiger partial charge in [-0.05, 0) is 62.6 Å². The molecule has 1 atom stereocenters. The van der Waals surface area contributed by atoms with Gasteiger partial charge in [-0.25, -0.2) is 4.68 Å². The summed E-state index contributed by atoms with van der Waals surface area (Å²) >= 11 is 0. The number of para-hydroxylation sites is 1. The number of piperidine rings is 1. The first-order chi connectivity index (χ1) is 15.1. The summed E-state index contributed by atoms with van der Waals surface area (Å²) in [5, 5.41) is 16.4. The molecule has 1 aromatic carbocycles. The van der Waals surface area contributed by atoms with Gasteiger partial charge in [0.2, 0.25) is 0 Å². The largest absolute Gasteiger partial charge is 0.367 e. The van der Waals surface area contributed by atoms with Crippen LogP contribution in [0.5, 0.6) is 0 Å². The lowest BCUT2D eigenvalue weighted by molar-refractivity contribution is 0.0452. The van der Waals surface area contributed by atoms with Crippen LogP contribution in [-0.2, 0) is 6.54 Å². The highest BCUT2D eigenvalue weighted by Crippen LogP contribution is 2.34. The van der Waals surface area contributed by atoms with Crippen LogP contribution in [0.1, 0.15) is 54.2 Å². The standard InChI is InChI=1S/C24H30N6O/c1-3-24(18-25-22-11-10-19(2)27-28-22)12-4-5-14-29(24)16-20-8-6-9-21(17-31)23(20)30-15-7-13-26-30/h6-11,13,15,17H,3-5,12,14,16,18H2,1-2H3,(H,25,28)/t24-/m0/s1. The highest BCUT2D eigenvalue weighted by Gasteiger charge is 2.37. The number of aldehydes is 1. The van der Waals surface area contributed by atoms with Crippen LogP contribution in [-0.4, -0.2) is 49.8 Å². The molecule has 1 fully saturated rings. The number of hydrogen-bond donors (Lipinski definition) is 1. The van der Waals surface area contributed by atoms with Gasteiger partial charge in [0.05, 0.1) is 11.4 Å². The van der Waals surface area contributed by atoms with Crippen molar-refractivity contribution in [3.63, 3.8) is 0 Å². The fourth-order valence-corrected chi connectivity index (χ4v) is 4.59. The molecule has 2 aromatic heterocycles. The van der Waals surface area contributed by atoms with Gasteiger partial charge in [0, 0.05) is 36.6 Å². The Kier molecular flexibility index (Phi) is 6.42. The minimum atomic E-state index is 0.0172. The average Bonchev–Trinajstić information content (AvgIpc) is 3.34. The third kappa shape index (κ3) is 4.51. The first kappa shape index (κ1) is 21.2. The molecule has 162 valence electrons. The van der Waals surface area contributed by atoms with Crippen molar-refractivity contribution in [3.8, 4) is 5.69 Å². The quantitative estimate of drug-likeness (QED) is 0.557. The number of nitrogens with one attached hydrogen (secondary N) is 1. The molecule has 0 spiro atoms. The molecule has 31 heavy (non-hydrogen) atoms. The Labute approximate surface area is 183 Å². The topological polar surface area (TPSA) is 75.9 Å². The average molecular weight is 419 g/mol. The van der Waals surface area contributed by atoms with Crippen LogP contribution in [0, 0.1) is 6.92 Å². The number of benzene rings is 1. The molecule has 0 amide bonds. The summed E-state index contributed by atoms with van der Waals surface area (Å²) in [5.41, 5.74) is 3.58. The van der Waals surface area contributed by atoms with Gasteiger partial charge in [-0.2, -0.15) is 10.2 Å². The molecule has 0 radical (unpaired) electrons. The van der Waals surface area contributed by atoms with Crippen LogP contribution in [0.25, 0.3) is 5.69 Å². The van der Waals surface area contributed by atoms with Crippen LogP contribution in [0.2, 0.25) is 0 Å². The summed E-state index contributed by atoms with van der Waals surface area (Å²) in [5.74, 6) is 0.809. The summed E-state index contributed by atoms with van der Waals surface area (Å²) in [7, 11) is 0. The molecule has 4 rings (SSSR count). The molecule has 0 bridgehead atoms. The SMILES string of the molecule is CC[C@@]1(CNc2ccc(C)nn2)CCCCN1Cc1cccc(C=O)c1-n1cccn1. The van der Waals surface area contributed by atoms with E-state index in [0.29, 0.717) is 5.56 Å². The second-order valence-corrected chi connectivity index (χ2v) is 8.29. The van der Waals surface area contributed by atoms with E-state index in [1.807, 2.05) is 43.5 Å². The number of carbonyl (C=O) groups excluding carboxylic acids is 1. The van der Waals surface area contributed by atoms with Crippen molar-refractivity contribution in [2.45, 2.75) is 51.6 Å². The van der Waals surface area contributed by atoms with Gasteiger partial charge in [0.1, 0.15) is 5.82 Å². The molecule has 7 heteroatoms. The zero-order chi connectivity index (χ0) is 21.7. The number of rotatable bonds is 8. The molecule has 0 saturated carbocycles. The molecular weight excluding hydrogens is 388 g/mol. The summed E-state index contributed by atoms with van der Waals surface area (Å²) in [4.78, 5) is 14.3. The van der Waals surface area contributed by atoms with Crippen molar-refractivity contribution in [2.75, 3.05) is 18.4 Å². The van der Waals surface area contributed by atoms with Crippen molar-refractivity contribution in [1.29, 1.82) is 0 Å². The Bertz CT molecular complexity index is 1000. The van der Waals surface area contributed by atoms with Gasteiger partial charge in [-0.3, -0.25) is 9.69 Å². The Morgan fingerprint density at radius 2 is 2.06 bits per heavy atom. The lowest BCUT2D eigenvalue weighted by atomic mass is 9.83. The van der Waals surface area contributed by atoms with Crippen molar-refractivity contribution in [1.82, 2.24) is 24.9 Å². The van der Waals surface area contributed by atoms with E-state index in [9.17, 15) is 4.79 Å². The summed E-state index contributed by atoms with van der Waals surface area (Å²) in [6, 6.07) is 11.8. The lowest BCUT2D eigenvalue weighted by Gasteiger charge is -2.47. The van der Waals surface area contributed by atoms with Crippen molar-refractivity contribution < 1.29 is 4.79 Å². The lowest BCUT2D eigenvalue weighted by Crippen LogP contribution is -2.55. The van der Waals surface area contributed by atoms with Crippen molar-refractivity contribution in [3.05, 3.63) is 65.6 Å². The van der Waals surface area contributed by atoms with Gasteiger partial charge < -0.3 is 5.32 Å². The maximum atomic E-state index is 11.8. The number of aromatic nitrogens is 4. The third-order valence-electron chi connectivity index (χ3n) is 6.42. The number of aryl methyl sites for hydroxylation is 1. The number of likely N-dealkylation sites (tertiary alicyclic amines) is 1. The number of nitrogens with zero attached hydrogens (tertiary/aromatic N) is 5. The van der Waals surface area contributed by atoms with E-state index in [2.05, 4.69) is 38.5 Å². The number of hydrogen-bond acceptors (Lipinski definition) is 6. The molecule has 3 heterocycles. The smallest absolute Gasteiger partial charge is 0.152 e. The molecule has 1 N–H and O–H groups in total. The summed E-state index contributed by atoms with van der Waals surface area (Å²) in [6.45, 7) is 6.81. The molecule has 1 saturated heterocycles. The fourth-order valence-electron chi connectivity index (χ4n) is 4.59. The Morgan fingerprint density at radius 1 is 1.16 bits per heavy atom. The summed E-state index contributed by atoms with van der Waals surface area (Å²) < 4.78 is 1.80. The van der Waals surface area contributed by atoms with Crippen LogP contribution >= 0.6 is 0 Å². The van der Waals surface area contributed by atoms with Gasteiger partial charge in [-0.1, -0.05) is 25.5 Å². The molecule has 1 aliphatic heterocycles. The van der Waals surface area contributed by atoms with E-state index in [4.69, 9.17) is 0 Å². The number of carbonyl (C=O) groups is 1. The van der Waals surface area contributed by atoms with Crippen LogP contribution in [0.3, 0.4) is 0 Å². The van der Waals surface area contributed by atoms with Gasteiger partial charge >= 0.3 is 0 Å². The minimum Gasteiger partial charge on any atom is -0.367 e. The molecular formula is C24H30N6O. The van der Waals surface area contributed by atoms with E-state index in [1.54, 1.807) is 10.9 Å². The molecule has 1 aliphatic rings. The highest BCUT2D eigenvalue weighted by molar-refractivity contribution is 5.81. The first-order valence-electron chi connectivity index (χ1n) is 11.0. The molecule has 7 nitrogen and oxygen atoms in total. The zero-order valence-corrected chi connectivity index (χ0v) is 18.3. The normalized spacial score (nSPS) is 19.3. The predicted molar refractivity (Wildman–Crippen MR) is 121 cm³/mol. The Hall–Kier alpha value is -3.06. The monoisotopic (exact) mass is 418 g/mol. The fraction of sp³-hybridized carbons (Fsp3) is 0.417. The Balaban J connectivity index is 1.61. The highest BCUT2D eigenvalue weighted by atomic mass is 16.1. The van der Waals surface area contributed by atoms with E-state index in [1.165, 1.54) is 12.8 Å². The third-order valence-corrected chi connectivity index (χ3v) is 6.42. The van der Waals surface area contributed by atoms with Gasteiger partial charge in [0.15, 0.2) is 6.29 Å². The number of anilines is 1. The minimum absolute atomic E-state index is 0.0172. The van der Waals surface area contributed by atoms with Gasteiger partial charge in [-0.15, -0.1) is 5.10 Å². The van der Waals surface area contributed by atoms with E-state index in [0.717, 1.165) is 61.5 Å². The predicted octanol–water partition coefficient (Wildman–Crippen LogP) is 4.03. The molecule has 0 aliphatic carbocycles.